The van der Waals surface area contributed by atoms with Crippen molar-refractivity contribution in [3.8, 4) is 5.75 Å². The molecule has 6 heteroatoms. The third-order valence-electron chi connectivity index (χ3n) is 3.53. The summed E-state index contributed by atoms with van der Waals surface area (Å²) in [6, 6.07) is 5.18. The predicted molar refractivity (Wildman–Crippen MR) is 81.0 cm³/mol. The molecular weight excluding hydrogens is 281 g/mol. The number of hydrogen-bond acceptors (Lipinski definition) is 4. The number of nitrogens with zero attached hydrogens (tertiary/aromatic N) is 2. The van der Waals surface area contributed by atoms with E-state index < -0.39 is 0 Å². The standard InChI is InChI=1S/C14H22FN3O.ClH/c1-19-14-3-2-12(10-13(14)15)11-18-8-6-17(5-4-16)7-9-18;/h2-3,10H,4-9,11,16H2,1H3;1H. The van der Waals surface area contributed by atoms with E-state index in [4.69, 9.17) is 10.5 Å². The van der Waals surface area contributed by atoms with Gasteiger partial charge < -0.3 is 10.5 Å². The van der Waals surface area contributed by atoms with Gasteiger partial charge in [-0.1, -0.05) is 6.07 Å². The van der Waals surface area contributed by atoms with Gasteiger partial charge in [0.1, 0.15) is 0 Å². The molecule has 0 saturated carbocycles. The van der Waals surface area contributed by atoms with E-state index in [9.17, 15) is 4.39 Å². The first-order valence-corrected chi connectivity index (χ1v) is 6.70. The highest BCUT2D eigenvalue weighted by molar-refractivity contribution is 5.85. The molecule has 0 bridgehead atoms. The van der Waals surface area contributed by atoms with Crippen LogP contribution in [0.3, 0.4) is 0 Å². The lowest BCUT2D eigenvalue weighted by Gasteiger charge is -2.34. The number of benzene rings is 1. The Morgan fingerprint density at radius 1 is 1.20 bits per heavy atom. The highest BCUT2D eigenvalue weighted by Gasteiger charge is 2.16. The van der Waals surface area contributed by atoms with E-state index in [1.54, 1.807) is 12.1 Å². The maximum atomic E-state index is 13.6. The van der Waals surface area contributed by atoms with Crippen molar-refractivity contribution in [3.63, 3.8) is 0 Å². The average Bonchev–Trinajstić information content (AvgIpc) is 2.42. The minimum absolute atomic E-state index is 0. The van der Waals surface area contributed by atoms with Crippen LogP contribution in [0.2, 0.25) is 0 Å². The van der Waals surface area contributed by atoms with E-state index in [1.165, 1.54) is 7.11 Å². The van der Waals surface area contributed by atoms with Crippen LogP contribution >= 0.6 is 12.4 Å². The van der Waals surface area contributed by atoms with Gasteiger partial charge in [0.15, 0.2) is 11.6 Å². The Balaban J connectivity index is 0.00000200. The Morgan fingerprint density at radius 2 is 1.85 bits per heavy atom. The molecule has 4 nitrogen and oxygen atoms in total. The van der Waals surface area contributed by atoms with Gasteiger partial charge in [0.2, 0.25) is 0 Å². The largest absolute Gasteiger partial charge is 0.494 e. The molecule has 0 radical (unpaired) electrons. The monoisotopic (exact) mass is 303 g/mol. The molecule has 2 rings (SSSR count). The zero-order chi connectivity index (χ0) is 13.7. The van der Waals surface area contributed by atoms with E-state index in [0.717, 1.165) is 44.8 Å². The van der Waals surface area contributed by atoms with E-state index in [2.05, 4.69) is 9.80 Å². The van der Waals surface area contributed by atoms with Crippen LogP contribution in [0.4, 0.5) is 4.39 Å². The molecule has 1 heterocycles. The minimum Gasteiger partial charge on any atom is -0.494 e. The SMILES string of the molecule is COc1ccc(CN2CCN(CCN)CC2)cc1F.Cl. The summed E-state index contributed by atoms with van der Waals surface area (Å²) in [6.07, 6.45) is 0. The Bertz CT molecular complexity index is 411. The number of halogens is 2. The van der Waals surface area contributed by atoms with Crippen molar-refractivity contribution in [2.24, 2.45) is 5.73 Å². The van der Waals surface area contributed by atoms with Gasteiger partial charge in [-0.2, -0.15) is 0 Å². The Labute approximate surface area is 126 Å². The van der Waals surface area contributed by atoms with Crippen molar-refractivity contribution in [1.29, 1.82) is 0 Å². The molecule has 1 saturated heterocycles. The molecule has 1 aromatic carbocycles. The van der Waals surface area contributed by atoms with Crippen molar-refractivity contribution < 1.29 is 9.13 Å². The van der Waals surface area contributed by atoms with E-state index in [1.807, 2.05) is 6.07 Å². The molecule has 0 atom stereocenters. The topological polar surface area (TPSA) is 41.7 Å². The number of piperazine rings is 1. The smallest absolute Gasteiger partial charge is 0.165 e. The van der Waals surface area contributed by atoms with Gasteiger partial charge >= 0.3 is 0 Å². The van der Waals surface area contributed by atoms with Gasteiger partial charge in [-0.3, -0.25) is 9.80 Å². The van der Waals surface area contributed by atoms with Gasteiger partial charge in [-0.25, -0.2) is 4.39 Å². The van der Waals surface area contributed by atoms with Gasteiger partial charge in [-0.15, -0.1) is 12.4 Å². The van der Waals surface area contributed by atoms with Gasteiger partial charge in [0.05, 0.1) is 7.11 Å². The second-order valence-corrected chi connectivity index (χ2v) is 4.88. The first-order chi connectivity index (χ1) is 9.22. The van der Waals surface area contributed by atoms with E-state index >= 15 is 0 Å². The lowest BCUT2D eigenvalue weighted by molar-refractivity contribution is 0.129. The summed E-state index contributed by atoms with van der Waals surface area (Å²) in [4.78, 5) is 4.71. The summed E-state index contributed by atoms with van der Waals surface area (Å²) in [5.41, 5.74) is 6.54. The first-order valence-electron chi connectivity index (χ1n) is 6.70. The van der Waals surface area contributed by atoms with Crippen LogP contribution < -0.4 is 10.5 Å². The molecule has 0 unspecified atom stereocenters. The van der Waals surface area contributed by atoms with Crippen molar-refractivity contribution >= 4 is 12.4 Å². The molecule has 20 heavy (non-hydrogen) atoms. The lowest BCUT2D eigenvalue weighted by atomic mass is 10.2. The number of ether oxygens (including phenoxy) is 1. The highest BCUT2D eigenvalue weighted by atomic mass is 35.5. The summed E-state index contributed by atoms with van der Waals surface area (Å²) in [7, 11) is 1.48. The minimum atomic E-state index is -0.290. The molecule has 2 N–H and O–H groups in total. The molecule has 1 aromatic rings. The van der Waals surface area contributed by atoms with Gasteiger partial charge in [0, 0.05) is 45.8 Å². The zero-order valence-electron chi connectivity index (χ0n) is 11.8. The first kappa shape index (κ1) is 17.2. The number of nitrogens with two attached hydrogens (primary N) is 1. The summed E-state index contributed by atoms with van der Waals surface area (Å²) in [6.45, 7) is 6.55. The van der Waals surface area contributed by atoms with Crippen LogP contribution in [-0.4, -0.2) is 56.2 Å². The summed E-state index contributed by atoms with van der Waals surface area (Å²) >= 11 is 0. The molecule has 1 fully saturated rings. The van der Waals surface area contributed by atoms with Crippen molar-refractivity contribution in [3.05, 3.63) is 29.6 Å². The average molecular weight is 304 g/mol. The molecule has 0 spiro atoms. The third-order valence-corrected chi connectivity index (χ3v) is 3.53. The summed E-state index contributed by atoms with van der Waals surface area (Å²) < 4.78 is 18.5. The molecule has 114 valence electrons. The number of rotatable bonds is 5. The van der Waals surface area contributed by atoms with E-state index in [-0.39, 0.29) is 18.2 Å². The van der Waals surface area contributed by atoms with Crippen molar-refractivity contribution in [1.82, 2.24) is 9.80 Å². The predicted octanol–water partition coefficient (Wildman–Crippen LogP) is 1.33. The van der Waals surface area contributed by atoms with Crippen LogP contribution in [0.15, 0.2) is 18.2 Å². The Hall–Kier alpha value is -0.880. The fourth-order valence-electron chi connectivity index (χ4n) is 2.42. The second-order valence-electron chi connectivity index (χ2n) is 4.88. The van der Waals surface area contributed by atoms with Crippen LogP contribution in [-0.2, 0) is 6.54 Å². The molecule has 0 amide bonds. The molecule has 0 aliphatic carbocycles. The van der Waals surface area contributed by atoms with E-state index in [0.29, 0.717) is 12.3 Å². The fourth-order valence-corrected chi connectivity index (χ4v) is 2.42. The molecular formula is C14H23ClFN3O. The van der Waals surface area contributed by atoms with Crippen molar-refractivity contribution in [2.45, 2.75) is 6.54 Å². The number of methoxy groups -OCH3 is 1. The van der Waals surface area contributed by atoms with Gasteiger partial charge in [-0.05, 0) is 17.7 Å². The van der Waals surface area contributed by atoms with Gasteiger partial charge in [0.25, 0.3) is 0 Å². The second kappa shape index (κ2) is 8.42. The van der Waals surface area contributed by atoms with Crippen LogP contribution in [0.5, 0.6) is 5.75 Å². The zero-order valence-corrected chi connectivity index (χ0v) is 12.7. The number of hydrogen-bond donors (Lipinski definition) is 1. The Morgan fingerprint density at radius 3 is 2.40 bits per heavy atom. The van der Waals surface area contributed by atoms with Crippen LogP contribution in [0.25, 0.3) is 0 Å². The maximum Gasteiger partial charge on any atom is 0.165 e. The summed E-state index contributed by atoms with van der Waals surface area (Å²) in [5, 5.41) is 0. The summed E-state index contributed by atoms with van der Waals surface area (Å²) in [5.74, 6) is 0.0123. The quantitative estimate of drug-likeness (QED) is 0.891. The van der Waals surface area contributed by atoms with Crippen LogP contribution in [0, 0.1) is 5.82 Å². The third kappa shape index (κ3) is 4.59. The highest BCUT2D eigenvalue weighted by Crippen LogP contribution is 2.19. The molecule has 0 aromatic heterocycles. The Kier molecular flexibility index (Phi) is 7.23. The molecule has 1 aliphatic heterocycles. The fraction of sp³-hybridized carbons (Fsp3) is 0.571. The van der Waals surface area contributed by atoms with Crippen molar-refractivity contribution in [2.75, 3.05) is 46.4 Å². The normalized spacial score (nSPS) is 16.8. The lowest BCUT2D eigenvalue weighted by Crippen LogP contribution is -2.47. The van der Waals surface area contributed by atoms with Crippen LogP contribution in [0.1, 0.15) is 5.56 Å². The molecule has 1 aliphatic rings. The maximum absolute atomic E-state index is 13.6.